The van der Waals surface area contributed by atoms with Gasteiger partial charge in [-0.05, 0) is 6.92 Å². The van der Waals surface area contributed by atoms with Crippen molar-refractivity contribution < 1.29 is 9.90 Å². The summed E-state index contributed by atoms with van der Waals surface area (Å²) in [4.78, 5) is 9.82. The van der Waals surface area contributed by atoms with Crippen molar-refractivity contribution in [2.24, 2.45) is 0 Å². The summed E-state index contributed by atoms with van der Waals surface area (Å²) in [6, 6.07) is -0.0594. The van der Waals surface area contributed by atoms with Crippen molar-refractivity contribution in [3.05, 3.63) is 0 Å². The second-order valence-corrected chi connectivity index (χ2v) is 1.90. The summed E-state index contributed by atoms with van der Waals surface area (Å²) < 4.78 is 0. The summed E-state index contributed by atoms with van der Waals surface area (Å²) >= 11 is 3.86. The lowest BCUT2D eigenvalue weighted by Gasteiger charge is -2.04. The molecule has 0 saturated carbocycles. The van der Waals surface area contributed by atoms with Crippen molar-refractivity contribution in [3.63, 3.8) is 0 Å². The molecular formula is C4H9NO2S. The lowest BCUT2D eigenvalue weighted by Crippen LogP contribution is -2.32. The van der Waals surface area contributed by atoms with E-state index in [2.05, 4.69) is 17.9 Å². The van der Waals surface area contributed by atoms with Gasteiger partial charge in [0, 0.05) is 11.8 Å². The summed E-state index contributed by atoms with van der Waals surface area (Å²) in [5, 5.41) is 10.3. The van der Waals surface area contributed by atoms with Gasteiger partial charge in [0.1, 0.15) is 0 Å². The third-order valence-electron chi connectivity index (χ3n) is 0.644. The van der Waals surface area contributed by atoms with E-state index in [9.17, 15) is 4.79 Å². The van der Waals surface area contributed by atoms with Gasteiger partial charge in [-0.2, -0.15) is 12.6 Å². The van der Waals surface area contributed by atoms with E-state index in [1.807, 2.05) is 0 Å². The van der Waals surface area contributed by atoms with Crippen molar-refractivity contribution in [2.45, 2.75) is 13.0 Å². The van der Waals surface area contributed by atoms with E-state index in [1.54, 1.807) is 6.92 Å². The van der Waals surface area contributed by atoms with Gasteiger partial charge in [-0.3, -0.25) is 0 Å². The summed E-state index contributed by atoms with van der Waals surface area (Å²) in [5.41, 5.74) is 0. The fourth-order valence-corrected chi connectivity index (χ4v) is 0.348. The van der Waals surface area contributed by atoms with Crippen LogP contribution in [0.1, 0.15) is 6.92 Å². The summed E-state index contributed by atoms with van der Waals surface area (Å²) in [5.74, 6) is 0.534. The standard InChI is InChI=1S/C4H9NO2S/c1-3(2-8)5-4(6)7/h3,5,8H,2H2,1H3,(H,6,7). The molecule has 48 valence electrons. The highest BCUT2D eigenvalue weighted by molar-refractivity contribution is 7.80. The van der Waals surface area contributed by atoms with E-state index in [4.69, 9.17) is 5.11 Å². The minimum atomic E-state index is -0.994. The SMILES string of the molecule is CC(CS)NC(=O)O. The number of hydrogen-bond donors (Lipinski definition) is 3. The first-order chi connectivity index (χ1) is 3.66. The molecule has 0 fully saturated rings. The molecule has 0 aliphatic rings. The van der Waals surface area contributed by atoms with E-state index in [1.165, 1.54) is 0 Å². The van der Waals surface area contributed by atoms with Crippen LogP contribution in [0.4, 0.5) is 4.79 Å². The second-order valence-electron chi connectivity index (χ2n) is 1.53. The summed E-state index contributed by atoms with van der Waals surface area (Å²) in [7, 11) is 0. The Bertz CT molecular complexity index is 86.1. The molecule has 0 bridgehead atoms. The van der Waals surface area contributed by atoms with Crippen LogP contribution in [0.3, 0.4) is 0 Å². The molecule has 0 aromatic carbocycles. The Morgan fingerprint density at radius 3 is 2.62 bits per heavy atom. The molecule has 1 atom stereocenters. The fraction of sp³-hybridized carbons (Fsp3) is 0.750. The van der Waals surface area contributed by atoms with Gasteiger partial charge in [-0.25, -0.2) is 4.79 Å². The molecule has 0 saturated heterocycles. The highest BCUT2D eigenvalue weighted by Gasteiger charge is 1.99. The van der Waals surface area contributed by atoms with Gasteiger partial charge >= 0.3 is 6.09 Å². The smallest absolute Gasteiger partial charge is 0.404 e. The summed E-state index contributed by atoms with van der Waals surface area (Å²) in [6.07, 6.45) is -0.994. The molecule has 0 aliphatic heterocycles. The van der Waals surface area contributed by atoms with Crippen LogP contribution in [0.25, 0.3) is 0 Å². The Kier molecular flexibility index (Phi) is 3.43. The van der Waals surface area contributed by atoms with Gasteiger partial charge < -0.3 is 10.4 Å². The number of carbonyl (C=O) groups is 1. The van der Waals surface area contributed by atoms with Crippen LogP contribution in [-0.2, 0) is 0 Å². The number of thiol groups is 1. The quantitative estimate of drug-likeness (QED) is 0.485. The minimum Gasteiger partial charge on any atom is -0.465 e. The molecule has 8 heavy (non-hydrogen) atoms. The predicted octanol–water partition coefficient (Wildman–Crippen LogP) is 0.572. The maximum absolute atomic E-state index is 9.82. The molecule has 0 spiro atoms. The van der Waals surface area contributed by atoms with Crippen LogP contribution in [-0.4, -0.2) is 23.0 Å². The zero-order valence-electron chi connectivity index (χ0n) is 4.59. The highest BCUT2D eigenvalue weighted by Crippen LogP contribution is 1.83. The molecule has 1 amide bonds. The van der Waals surface area contributed by atoms with E-state index in [-0.39, 0.29) is 6.04 Å². The number of rotatable bonds is 2. The predicted molar refractivity (Wildman–Crippen MR) is 34.5 cm³/mol. The van der Waals surface area contributed by atoms with E-state index < -0.39 is 6.09 Å². The van der Waals surface area contributed by atoms with Gasteiger partial charge in [0.05, 0.1) is 0 Å². The molecule has 0 aliphatic carbocycles. The molecular weight excluding hydrogens is 126 g/mol. The first-order valence-corrected chi connectivity index (χ1v) is 2.90. The van der Waals surface area contributed by atoms with Crippen LogP contribution in [0.5, 0.6) is 0 Å². The van der Waals surface area contributed by atoms with Crippen LogP contribution in [0, 0.1) is 0 Å². The van der Waals surface area contributed by atoms with Gasteiger partial charge in [0.25, 0.3) is 0 Å². The Morgan fingerprint density at radius 2 is 2.50 bits per heavy atom. The molecule has 1 unspecified atom stereocenters. The molecule has 0 aromatic heterocycles. The van der Waals surface area contributed by atoms with Crippen molar-refractivity contribution in [1.82, 2.24) is 5.32 Å². The van der Waals surface area contributed by atoms with Crippen LogP contribution < -0.4 is 5.32 Å². The van der Waals surface area contributed by atoms with Crippen molar-refractivity contribution in [3.8, 4) is 0 Å². The van der Waals surface area contributed by atoms with Crippen molar-refractivity contribution >= 4 is 18.7 Å². The lowest BCUT2D eigenvalue weighted by molar-refractivity contribution is 0.192. The van der Waals surface area contributed by atoms with Gasteiger partial charge in [0.15, 0.2) is 0 Å². The Morgan fingerprint density at radius 1 is 2.00 bits per heavy atom. The molecule has 3 nitrogen and oxygen atoms in total. The number of hydrogen-bond acceptors (Lipinski definition) is 2. The second kappa shape index (κ2) is 3.60. The zero-order valence-corrected chi connectivity index (χ0v) is 5.48. The average molecular weight is 135 g/mol. The highest BCUT2D eigenvalue weighted by atomic mass is 32.1. The van der Waals surface area contributed by atoms with E-state index in [0.29, 0.717) is 5.75 Å². The average Bonchev–Trinajstić information content (AvgIpc) is 1.65. The normalized spacial score (nSPS) is 12.8. The maximum Gasteiger partial charge on any atom is 0.404 e. The van der Waals surface area contributed by atoms with Gasteiger partial charge in [0.2, 0.25) is 0 Å². The largest absolute Gasteiger partial charge is 0.465 e. The monoisotopic (exact) mass is 135 g/mol. The number of carboxylic acid groups (broad SMARTS) is 1. The van der Waals surface area contributed by atoms with Crippen molar-refractivity contribution in [1.29, 1.82) is 0 Å². The van der Waals surface area contributed by atoms with Gasteiger partial charge in [-0.1, -0.05) is 0 Å². The van der Waals surface area contributed by atoms with E-state index in [0.717, 1.165) is 0 Å². The number of amides is 1. The molecule has 0 aromatic rings. The molecule has 0 heterocycles. The lowest BCUT2D eigenvalue weighted by atomic mass is 10.4. The van der Waals surface area contributed by atoms with Crippen LogP contribution in [0.15, 0.2) is 0 Å². The topological polar surface area (TPSA) is 49.3 Å². The van der Waals surface area contributed by atoms with Crippen LogP contribution in [0.2, 0.25) is 0 Å². The molecule has 4 heteroatoms. The summed E-state index contributed by atoms with van der Waals surface area (Å²) in [6.45, 7) is 1.75. The Hall–Kier alpha value is -0.380. The van der Waals surface area contributed by atoms with Gasteiger partial charge in [-0.15, -0.1) is 0 Å². The maximum atomic E-state index is 9.82. The Balaban J connectivity index is 3.24. The van der Waals surface area contributed by atoms with E-state index >= 15 is 0 Å². The third kappa shape index (κ3) is 3.80. The van der Waals surface area contributed by atoms with Crippen molar-refractivity contribution in [2.75, 3.05) is 5.75 Å². The minimum absolute atomic E-state index is 0.0594. The molecule has 0 radical (unpaired) electrons. The third-order valence-corrected chi connectivity index (χ3v) is 1.19. The first-order valence-electron chi connectivity index (χ1n) is 2.27. The number of nitrogens with one attached hydrogen (secondary N) is 1. The Labute approximate surface area is 53.5 Å². The first kappa shape index (κ1) is 7.62. The zero-order chi connectivity index (χ0) is 6.57. The fourth-order valence-electron chi connectivity index (χ4n) is 0.256. The van der Waals surface area contributed by atoms with Crippen LogP contribution >= 0.6 is 12.6 Å². The molecule has 0 rings (SSSR count). The molecule has 2 N–H and O–H groups in total.